The number of nitriles is 1. The highest BCUT2D eigenvalue weighted by molar-refractivity contribution is 5.76. The van der Waals surface area contributed by atoms with Gasteiger partial charge in [-0.05, 0) is 12.1 Å². The van der Waals surface area contributed by atoms with Crippen molar-refractivity contribution in [3.8, 4) is 6.07 Å². The molecule has 0 amide bonds. The molecule has 1 aromatic carbocycles. The molecule has 8 nitrogen and oxygen atoms in total. The summed E-state index contributed by atoms with van der Waals surface area (Å²) in [7, 11) is 0. The molecule has 8 heteroatoms. The summed E-state index contributed by atoms with van der Waals surface area (Å²) in [4.78, 5) is 12.5. The van der Waals surface area contributed by atoms with Crippen LogP contribution in [-0.4, -0.2) is 30.7 Å². The number of benzene rings is 1. The molecular weight excluding hydrogens is 250 g/mol. The third kappa shape index (κ3) is 2.57. The maximum atomic E-state index is 11.2. The maximum absolute atomic E-state index is 11.2. The minimum absolute atomic E-state index is 0.0939. The van der Waals surface area contributed by atoms with E-state index in [4.69, 9.17) is 15.8 Å². The molecule has 0 aromatic heterocycles. The highest BCUT2D eigenvalue weighted by Gasteiger charge is 2.27. The van der Waals surface area contributed by atoms with E-state index in [1.807, 2.05) is 6.07 Å². The predicted octanol–water partition coefficient (Wildman–Crippen LogP) is 0.609. The number of nitrogens with one attached hydrogen (secondary N) is 1. The second-order valence-corrected chi connectivity index (χ2v) is 4.01. The van der Waals surface area contributed by atoms with E-state index in [9.17, 15) is 10.1 Å². The number of hydrogen-bond acceptors (Lipinski definition) is 7. The molecule has 0 radical (unpaired) electrons. The molecule has 100 valence electrons. The standard InChI is InChI=1S/C11H13N5O3/c12-6-8-7-15(4-5-19-8)10-3-1-2-9(14-13)11(10)16(17)18/h1-3,8,14H,4-5,7,13H2. The largest absolute Gasteiger partial charge is 0.360 e. The number of morpholine rings is 1. The SMILES string of the molecule is N#CC1CN(c2cccc(NN)c2[N+](=O)[O-])CCO1. The van der Waals surface area contributed by atoms with Crippen LogP contribution in [0.15, 0.2) is 18.2 Å². The van der Waals surface area contributed by atoms with E-state index in [2.05, 4.69) is 5.43 Å². The van der Waals surface area contributed by atoms with Gasteiger partial charge >= 0.3 is 5.69 Å². The molecule has 1 unspecified atom stereocenters. The number of nitrogens with two attached hydrogens (primary N) is 1. The fourth-order valence-electron chi connectivity index (χ4n) is 2.04. The summed E-state index contributed by atoms with van der Waals surface area (Å²) in [5.41, 5.74) is 2.90. The second-order valence-electron chi connectivity index (χ2n) is 4.01. The minimum Gasteiger partial charge on any atom is -0.360 e. The summed E-state index contributed by atoms with van der Waals surface area (Å²) < 4.78 is 5.22. The van der Waals surface area contributed by atoms with Crippen molar-refractivity contribution in [1.82, 2.24) is 0 Å². The molecule has 1 atom stereocenters. The van der Waals surface area contributed by atoms with Crippen LogP contribution in [0.2, 0.25) is 0 Å². The van der Waals surface area contributed by atoms with Crippen LogP contribution in [-0.2, 0) is 4.74 Å². The van der Waals surface area contributed by atoms with Crippen molar-refractivity contribution >= 4 is 17.1 Å². The molecule has 1 aliphatic rings. The molecule has 0 bridgehead atoms. The number of hydrazine groups is 1. The summed E-state index contributed by atoms with van der Waals surface area (Å²) in [5, 5.41) is 20.0. The van der Waals surface area contributed by atoms with Crippen molar-refractivity contribution in [1.29, 1.82) is 5.26 Å². The maximum Gasteiger partial charge on any atom is 0.316 e. The Morgan fingerprint density at radius 3 is 3.05 bits per heavy atom. The number of nitrogens with zero attached hydrogens (tertiary/aromatic N) is 3. The molecule has 3 N–H and O–H groups in total. The summed E-state index contributed by atoms with van der Waals surface area (Å²) in [6.07, 6.45) is -0.581. The zero-order chi connectivity index (χ0) is 13.8. The molecule has 0 spiro atoms. The molecule has 1 heterocycles. The lowest BCUT2D eigenvalue weighted by Gasteiger charge is -2.31. The van der Waals surface area contributed by atoms with Gasteiger partial charge < -0.3 is 15.1 Å². The lowest BCUT2D eigenvalue weighted by Crippen LogP contribution is -2.42. The van der Waals surface area contributed by atoms with Crippen molar-refractivity contribution < 1.29 is 9.66 Å². The van der Waals surface area contributed by atoms with Crippen LogP contribution in [0.3, 0.4) is 0 Å². The Morgan fingerprint density at radius 2 is 2.42 bits per heavy atom. The average Bonchev–Trinajstić information content (AvgIpc) is 2.46. The van der Waals surface area contributed by atoms with E-state index in [1.54, 1.807) is 17.0 Å². The molecule has 1 saturated heterocycles. The molecule has 1 aromatic rings. The average molecular weight is 263 g/mol. The molecular formula is C11H13N5O3. The number of hydrogen-bond donors (Lipinski definition) is 2. The predicted molar refractivity (Wildman–Crippen MR) is 68.5 cm³/mol. The lowest BCUT2D eigenvalue weighted by atomic mass is 10.2. The number of nitro benzene ring substituents is 1. The number of anilines is 2. The normalized spacial score (nSPS) is 18.7. The molecule has 2 rings (SSSR count). The van der Waals surface area contributed by atoms with Crippen LogP contribution < -0.4 is 16.2 Å². The monoisotopic (exact) mass is 263 g/mol. The van der Waals surface area contributed by atoms with Gasteiger partial charge in [-0.25, -0.2) is 0 Å². The lowest BCUT2D eigenvalue weighted by molar-refractivity contribution is -0.383. The second kappa shape index (κ2) is 5.51. The zero-order valence-electron chi connectivity index (χ0n) is 10.1. The Balaban J connectivity index is 2.39. The third-order valence-electron chi connectivity index (χ3n) is 2.90. The third-order valence-corrected chi connectivity index (χ3v) is 2.90. The molecule has 19 heavy (non-hydrogen) atoms. The Labute approximate surface area is 109 Å². The molecule has 1 fully saturated rings. The van der Waals surface area contributed by atoms with Crippen LogP contribution in [0.25, 0.3) is 0 Å². The van der Waals surface area contributed by atoms with Gasteiger partial charge in [0.2, 0.25) is 0 Å². The number of nitrogen functional groups attached to an aromatic ring is 1. The highest BCUT2D eigenvalue weighted by Crippen LogP contribution is 2.35. The summed E-state index contributed by atoms with van der Waals surface area (Å²) in [5.74, 6) is 5.29. The number of para-hydroxylation sites is 1. The van der Waals surface area contributed by atoms with Gasteiger partial charge in [0.1, 0.15) is 11.4 Å². The van der Waals surface area contributed by atoms with Gasteiger partial charge in [-0.1, -0.05) is 6.07 Å². The van der Waals surface area contributed by atoms with Crippen molar-refractivity contribution in [3.05, 3.63) is 28.3 Å². The Bertz CT molecular complexity index is 528. The number of ether oxygens (including phenoxy) is 1. The fourth-order valence-corrected chi connectivity index (χ4v) is 2.04. The van der Waals surface area contributed by atoms with Gasteiger partial charge in [0.15, 0.2) is 6.10 Å². The first-order valence-electron chi connectivity index (χ1n) is 5.67. The van der Waals surface area contributed by atoms with Crippen LogP contribution in [0.1, 0.15) is 0 Å². The van der Waals surface area contributed by atoms with Crippen LogP contribution in [0.4, 0.5) is 17.1 Å². The quantitative estimate of drug-likeness (QED) is 0.466. The first-order valence-corrected chi connectivity index (χ1v) is 5.67. The van der Waals surface area contributed by atoms with Crippen LogP contribution in [0, 0.1) is 21.4 Å². The highest BCUT2D eigenvalue weighted by atomic mass is 16.6. The van der Waals surface area contributed by atoms with Gasteiger partial charge in [0.05, 0.1) is 24.1 Å². The topological polar surface area (TPSA) is 117 Å². The zero-order valence-corrected chi connectivity index (χ0v) is 10.1. The van der Waals surface area contributed by atoms with Crippen LogP contribution in [0.5, 0.6) is 0 Å². The first kappa shape index (κ1) is 13.1. The van der Waals surface area contributed by atoms with Crippen molar-refractivity contribution in [3.63, 3.8) is 0 Å². The van der Waals surface area contributed by atoms with Gasteiger partial charge in [-0.2, -0.15) is 5.26 Å². The molecule has 1 aliphatic heterocycles. The van der Waals surface area contributed by atoms with E-state index in [0.717, 1.165) is 0 Å². The summed E-state index contributed by atoms with van der Waals surface area (Å²) >= 11 is 0. The van der Waals surface area contributed by atoms with E-state index >= 15 is 0 Å². The van der Waals surface area contributed by atoms with Gasteiger partial charge in [-0.15, -0.1) is 0 Å². The van der Waals surface area contributed by atoms with E-state index in [-0.39, 0.29) is 11.4 Å². The first-order chi connectivity index (χ1) is 9.17. The summed E-state index contributed by atoms with van der Waals surface area (Å²) in [6.45, 7) is 1.15. The van der Waals surface area contributed by atoms with Crippen LogP contribution >= 0.6 is 0 Å². The Morgan fingerprint density at radius 1 is 1.63 bits per heavy atom. The number of rotatable bonds is 3. The molecule has 0 aliphatic carbocycles. The smallest absolute Gasteiger partial charge is 0.316 e. The van der Waals surface area contributed by atoms with Gasteiger partial charge in [0.25, 0.3) is 0 Å². The minimum atomic E-state index is -0.581. The van der Waals surface area contributed by atoms with Gasteiger partial charge in [-0.3, -0.25) is 16.0 Å². The van der Waals surface area contributed by atoms with Crippen molar-refractivity contribution in [2.75, 3.05) is 30.0 Å². The summed E-state index contributed by atoms with van der Waals surface area (Å²) in [6, 6.07) is 6.85. The Kier molecular flexibility index (Phi) is 3.79. The van der Waals surface area contributed by atoms with E-state index in [0.29, 0.717) is 25.4 Å². The van der Waals surface area contributed by atoms with Crippen molar-refractivity contribution in [2.45, 2.75) is 6.10 Å². The van der Waals surface area contributed by atoms with E-state index < -0.39 is 11.0 Å². The number of nitro groups is 1. The Hall–Kier alpha value is -2.37. The van der Waals surface area contributed by atoms with E-state index in [1.165, 1.54) is 6.07 Å². The van der Waals surface area contributed by atoms with Gasteiger partial charge in [0, 0.05) is 6.54 Å². The fraction of sp³-hybridized carbons (Fsp3) is 0.364. The molecule has 0 saturated carbocycles. The van der Waals surface area contributed by atoms with Crippen molar-refractivity contribution in [2.24, 2.45) is 5.84 Å².